The topological polar surface area (TPSA) is 66.6 Å². The van der Waals surface area contributed by atoms with Gasteiger partial charge in [-0.05, 0) is 19.8 Å². The molecule has 1 fully saturated rings. The molecule has 0 saturated heterocycles. The van der Waals surface area contributed by atoms with Gasteiger partial charge >= 0.3 is 5.69 Å². The number of nitrogens with zero attached hydrogens (tertiary/aromatic N) is 2. The van der Waals surface area contributed by atoms with Gasteiger partial charge in [-0.25, -0.2) is 0 Å². The summed E-state index contributed by atoms with van der Waals surface area (Å²) >= 11 is 1.34. The minimum Gasteiger partial charge on any atom is -0.388 e. The van der Waals surface area contributed by atoms with Crippen molar-refractivity contribution in [2.45, 2.75) is 57.6 Å². The summed E-state index contributed by atoms with van der Waals surface area (Å²) in [6.45, 7) is 1.64. The first-order valence-electron chi connectivity index (χ1n) is 7.19. The number of hydrogen-bond acceptors (Lipinski definition) is 5. The Morgan fingerprint density at radius 3 is 2.50 bits per heavy atom. The maximum atomic E-state index is 11.2. The Bertz CT molecular complexity index is 465. The van der Waals surface area contributed by atoms with E-state index in [0.717, 1.165) is 12.8 Å². The van der Waals surface area contributed by atoms with E-state index in [0.29, 0.717) is 15.9 Å². The average molecular weight is 298 g/mol. The van der Waals surface area contributed by atoms with E-state index in [1.54, 1.807) is 6.92 Å². The van der Waals surface area contributed by atoms with Gasteiger partial charge in [0.05, 0.1) is 11.0 Å². The fraction of sp³-hybridized carbons (Fsp3) is 0.714. The minimum atomic E-state index is -0.657. The Hall–Kier alpha value is -1.14. The third-order valence-corrected chi connectivity index (χ3v) is 5.40. The van der Waals surface area contributed by atoms with E-state index in [4.69, 9.17) is 0 Å². The zero-order chi connectivity index (χ0) is 14.7. The molecule has 0 aromatic carbocycles. The van der Waals surface area contributed by atoms with Crippen LogP contribution < -0.4 is 4.90 Å². The summed E-state index contributed by atoms with van der Waals surface area (Å²) in [5, 5.41) is 21.5. The van der Waals surface area contributed by atoms with Crippen LogP contribution in [0.3, 0.4) is 0 Å². The summed E-state index contributed by atoms with van der Waals surface area (Å²) in [5.74, 6) is 0. The van der Waals surface area contributed by atoms with Crippen LogP contribution in [0.4, 0.5) is 10.7 Å². The van der Waals surface area contributed by atoms with Crippen molar-refractivity contribution in [3.05, 3.63) is 21.1 Å². The number of aliphatic hydroxyl groups is 1. The van der Waals surface area contributed by atoms with Gasteiger partial charge in [-0.3, -0.25) is 10.1 Å². The van der Waals surface area contributed by atoms with Gasteiger partial charge in [-0.15, -0.1) is 11.3 Å². The largest absolute Gasteiger partial charge is 0.388 e. The lowest BCUT2D eigenvalue weighted by molar-refractivity contribution is -0.383. The molecule has 1 aliphatic carbocycles. The first-order valence-corrected chi connectivity index (χ1v) is 8.01. The van der Waals surface area contributed by atoms with E-state index in [1.165, 1.54) is 43.1 Å². The monoisotopic (exact) mass is 298 g/mol. The molecule has 0 amide bonds. The Balaban J connectivity index is 2.27. The van der Waals surface area contributed by atoms with Crippen LogP contribution in [-0.4, -0.2) is 23.1 Å². The number of anilines is 1. The van der Waals surface area contributed by atoms with Crippen LogP contribution in [0.25, 0.3) is 0 Å². The van der Waals surface area contributed by atoms with E-state index in [-0.39, 0.29) is 10.6 Å². The predicted molar refractivity (Wildman–Crippen MR) is 81.5 cm³/mol. The van der Waals surface area contributed by atoms with Crippen molar-refractivity contribution in [1.29, 1.82) is 0 Å². The van der Waals surface area contributed by atoms with Crippen molar-refractivity contribution in [2.24, 2.45) is 0 Å². The molecule has 1 atom stereocenters. The summed E-state index contributed by atoms with van der Waals surface area (Å²) in [4.78, 5) is 13.6. The predicted octanol–water partition coefficient (Wildman–Crippen LogP) is 3.87. The van der Waals surface area contributed by atoms with Gasteiger partial charge < -0.3 is 10.0 Å². The second-order valence-corrected chi connectivity index (χ2v) is 6.59. The fourth-order valence-corrected chi connectivity index (χ4v) is 3.89. The number of hydrogen-bond donors (Lipinski definition) is 1. The number of thiophene rings is 1. The van der Waals surface area contributed by atoms with Gasteiger partial charge in [0.1, 0.15) is 0 Å². The highest BCUT2D eigenvalue weighted by Gasteiger charge is 2.27. The zero-order valence-electron chi connectivity index (χ0n) is 12.0. The van der Waals surface area contributed by atoms with Crippen molar-refractivity contribution in [2.75, 3.05) is 11.9 Å². The lowest BCUT2D eigenvalue weighted by atomic mass is 10.1. The van der Waals surface area contributed by atoms with Gasteiger partial charge in [0.25, 0.3) is 0 Å². The number of nitro groups is 1. The third-order valence-electron chi connectivity index (χ3n) is 4.01. The number of aliphatic hydroxyl groups excluding tert-OH is 1. The molecule has 0 aliphatic heterocycles. The van der Waals surface area contributed by atoms with Crippen LogP contribution in [-0.2, 0) is 0 Å². The van der Waals surface area contributed by atoms with Gasteiger partial charge in [0.2, 0.25) is 0 Å². The standard InChI is InChI=1S/C14H22N2O3S/c1-10(17)13-9-12(16(18)19)14(20-13)15(2)11-7-5-3-4-6-8-11/h9-11,17H,3-8H2,1-2H3. The second kappa shape index (κ2) is 6.54. The summed E-state index contributed by atoms with van der Waals surface area (Å²) in [6, 6.07) is 1.88. The molecule has 6 heteroatoms. The maximum absolute atomic E-state index is 11.2. The smallest absolute Gasteiger partial charge is 0.304 e. The van der Waals surface area contributed by atoms with Crippen LogP contribution >= 0.6 is 11.3 Å². The zero-order valence-corrected chi connectivity index (χ0v) is 12.9. The van der Waals surface area contributed by atoms with Gasteiger partial charge in [-0.1, -0.05) is 25.7 Å². The molecule has 1 aromatic heterocycles. The highest BCUT2D eigenvalue weighted by atomic mass is 32.1. The molecular weight excluding hydrogens is 276 g/mol. The SMILES string of the molecule is CC(O)c1cc([N+](=O)[O-])c(N(C)C2CCCCCC2)s1. The van der Waals surface area contributed by atoms with E-state index in [9.17, 15) is 15.2 Å². The van der Waals surface area contributed by atoms with Gasteiger partial charge in [-0.2, -0.15) is 0 Å². The fourth-order valence-electron chi connectivity index (χ4n) is 2.79. The molecule has 1 saturated carbocycles. The first-order chi connectivity index (χ1) is 9.50. The van der Waals surface area contributed by atoms with Crippen LogP contribution in [0.5, 0.6) is 0 Å². The lowest BCUT2D eigenvalue weighted by Gasteiger charge is -2.27. The Kier molecular flexibility index (Phi) is 4.99. The summed E-state index contributed by atoms with van der Waals surface area (Å²) in [5.41, 5.74) is 0.123. The summed E-state index contributed by atoms with van der Waals surface area (Å²) in [7, 11) is 1.95. The van der Waals surface area contributed by atoms with E-state index in [2.05, 4.69) is 4.90 Å². The van der Waals surface area contributed by atoms with E-state index >= 15 is 0 Å². The maximum Gasteiger partial charge on any atom is 0.304 e. The van der Waals surface area contributed by atoms with Crippen molar-refractivity contribution in [1.82, 2.24) is 0 Å². The molecule has 1 heterocycles. The van der Waals surface area contributed by atoms with Crippen LogP contribution in [0.2, 0.25) is 0 Å². The van der Waals surface area contributed by atoms with Crippen molar-refractivity contribution in [3.8, 4) is 0 Å². The first kappa shape index (κ1) is 15.3. The second-order valence-electron chi connectivity index (χ2n) is 5.53. The van der Waals surface area contributed by atoms with Crippen LogP contribution in [0, 0.1) is 10.1 Å². The average Bonchev–Trinajstić information content (AvgIpc) is 2.68. The Morgan fingerprint density at radius 2 is 2.00 bits per heavy atom. The van der Waals surface area contributed by atoms with Crippen molar-refractivity contribution >= 4 is 22.0 Å². The molecule has 1 aliphatic rings. The number of rotatable bonds is 4. The Morgan fingerprint density at radius 1 is 1.40 bits per heavy atom. The molecule has 5 nitrogen and oxygen atoms in total. The summed E-state index contributed by atoms with van der Waals surface area (Å²) in [6.07, 6.45) is 6.43. The molecule has 20 heavy (non-hydrogen) atoms. The molecule has 0 bridgehead atoms. The van der Waals surface area contributed by atoms with Gasteiger partial charge in [0.15, 0.2) is 5.00 Å². The van der Waals surface area contributed by atoms with E-state index in [1.807, 2.05) is 7.05 Å². The summed E-state index contributed by atoms with van der Waals surface area (Å²) < 4.78 is 0. The van der Waals surface area contributed by atoms with Crippen LogP contribution in [0.1, 0.15) is 56.4 Å². The highest BCUT2D eigenvalue weighted by molar-refractivity contribution is 7.16. The lowest BCUT2D eigenvalue weighted by Crippen LogP contribution is -2.30. The minimum absolute atomic E-state index is 0.123. The van der Waals surface area contributed by atoms with Crippen molar-refractivity contribution in [3.63, 3.8) is 0 Å². The molecular formula is C14H22N2O3S. The molecule has 1 unspecified atom stereocenters. The van der Waals surface area contributed by atoms with Crippen LogP contribution in [0.15, 0.2) is 6.07 Å². The highest BCUT2D eigenvalue weighted by Crippen LogP contribution is 2.41. The quantitative estimate of drug-likeness (QED) is 0.520. The van der Waals surface area contributed by atoms with E-state index < -0.39 is 6.10 Å². The molecule has 1 aromatic rings. The molecule has 2 rings (SSSR count). The molecule has 1 N–H and O–H groups in total. The normalized spacial score (nSPS) is 18.6. The molecule has 112 valence electrons. The Labute approximate surface area is 123 Å². The third kappa shape index (κ3) is 3.30. The molecule has 0 spiro atoms. The van der Waals surface area contributed by atoms with Crippen molar-refractivity contribution < 1.29 is 10.0 Å². The van der Waals surface area contributed by atoms with Gasteiger partial charge in [0, 0.05) is 24.0 Å². The molecule has 0 radical (unpaired) electrons.